The Morgan fingerprint density at radius 2 is 1.76 bits per heavy atom. The number of aromatic nitrogens is 4. The van der Waals surface area contributed by atoms with Gasteiger partial charge in [0, 0.05) is 34.4 Å². The van der Waals surface area contributed by atoms with Gasteiger partial charge in [-0.15, -0.1) is 0 Å². The summed E-state index contributed by atoms with van der Waals surface area (Å²) >= 11 is 5.90. The number of carbonyl (C=O) groups excluding carboxylic acids is 1. The van der Waals surface area contributed by atoms with Crippen molar-refractivity contribution in [3.8, 4) is 22.5 Å². The average Bonchev–Trinajstić information content (AvgIpc) is 3.22. The first kappa shape index (κ1) is 22.3. The lowest BCUT2D eigenvalue weighted by Crippen LogP contribution is -2.22. The van der Waals surface area contributed by atoms with Crippen molar-refractivity contribution in [2.45, 2.75) is 26.3 Å². The number of urea groups is 1. The minimum atomic E-state index is -0.358. The fraction of sp³-hybridized carbons (Fsp3) is 0.167. The Kier molecular flexibility index (Phi) is 6.02. The fourth-order valence-electron chi connectivity index (χ4n) is 3.21. The number of nitrogen functional groups attached to an aromatic ring is 1. The number of anilines is 3. The van der Waals surface area contributed by atoms with E-state index in [-0.39, 0.29) is 17.5 Å². The molecule has 4 rings (SSSR count). The van der Waals surface area contributed by atoms with Gasteiger partial charge >= 0.3 is 6.03 Å². The molecule has 0 aliphatic heterocycles. The molecule has 2 amide bonds. The topological polar surface area (TPSA) is 111 Å². The SMILES string of the molecule is CC(C)(C)n1cc(-c2cccc(NC(=O)Nc3ccc(Cl)cc3)c2)c(-c2ccnc(N)n2)n1. The van der Waals surface area contributed by atoms with Crippen molar-refractivity contribution in [1.29, 1.82) is 0 Å². The highest BCUT2D eigenvalue weighted by Crippen LogP contribution is 2.33. The molecular weight excluding hydrogens is 438 g/mol. The van der Waals surface area contributed by atoms with E-state index in [1.165, 1.54) is 0 Å². The second kappa shape index (κ2) is 8.91. The van der Waals surface area contributed by atoms with Crippen LogP contribution in [0.4, 0.5) is 22.1 Å². The first-order valence-corrected chi connectivity index (χ1v) is 10.7. The van der Waals surface area contributed by atoms with Gasteiger partial charge in [-0.3, -0.25) is 4.68 Å². The monoisotopic (exact) mass is 461 g/mol. The summed E-state index contributed by atoms with van der Waals surface area (Å²) in [5.74, 6) is 0.179. The number of nitrogens with zero attached hydrogens (tertiary/aromatic N) is 4. The Labute approximate surface area is 196 Å². The van der Waals surface area contributed by atoms with Crippen LogP contribution in [0.2, 0.25) is 5.02 Å². The molecule has 9 heteroatoms. The normalized spacial score (nSPS) is 11.3. The second-order valence-electron chi connectivity index (χ2n) is 8.47. The van der Waals surface area contributed by atoms with Gasteiger partial charge in [0.15, 0.2) is 0 Å². The first-order valence-electron chi connectivity index (χ1n) is 10.3. The van der Waals surface area contributed by atoms with Gasteiger partial charge in [-0.05, 0) is 68.8 Å². The maximum Gasteiger partial charge on any atom is 0.323 e. The van der Waals surface area contributed by atoms with Gasteiger partial charge < -0.3 is 16.4 Å². The van der Waals surface area contributed by atoms with Crippen LogP contribution in [0.25, 0.3) is 22.5 Å². The zero-order chi connectivity index (χ0) is 23.6. The first-order chi connectivity index (χ1) is 15.7. The van der Waals surface area contributed by atoms with E-state index in [1.807, 2.05) is 35.1 Å². The fourth-order valence-corrected chi connectivity index (χ4v) is 3.34. The van der Waals surface area contributed by atoms with Crippen LogP contribution >= 0.6 is 11.6 Å². The minimum absolute atomic E-state index is 0.179. The largest absolute Gasteiger partial charge is 0.368 e. The molecule has 33 heavy (non-hydrogen) atoms. The summed E-state index contributed by atoms with van der Waals surface area (Å²) < 4.78 is 1.89. The van der Waals surface area contributed by atoms with Crippen molar-refractivity contribution in [3.05, 3.63) is 72.0 Å². The lowest BCUT2D eigenvalue weighted by Gasteiger charge is -2.18. The molecule has 4 aromatic rings. The van der Waals surface area contributed by atoms with Crippen molar-refractivity contribution < 1.29 is 4.79 Å². The van der Waals surface area contributed by atoms with E-state index in [4.69, 9.17) is 22.4 Å². The Bertz CT molecular complexity index is 1290. The van der Waals surface area contributed by atoms with E-state index < -0.39 is 0 Å². The smallest absolute Gasteiger partial charge is 0.323 e. The molecular formula is C24H24ClN7O. The summed E-state index contributed by atoms with van der Waals surface area (Å²) in [4.78, 5) is 20.8. The van der Waals surface area contributed by atoms with Crippen LogP contribution in [0.5, 0.6) is 0 Å². The molecule has 2 heterocycles. The predicted octanol–water partition coefficient (Wildman–Crippen LogP) is 5.64. The van der Waals surface area contributed by atoms with Crippen molar-refractivity contribution in [3.63, 3.8) is 0 Å². The maximum atomic E-state index is 12.5. The minimum Gasteiger partial charge on any atom is -0.368 e. The molecule has 4 N–H and O–H groups in total. The highest BCUT2D eigenvalue weighted by atomic mass is 35.5. The molecule has 2 aromatic carbocycles. The molecule has 168 valence electrons. The Hall–Kier alpha value is -3.91. The molecule has 0 unspecified atom stereocenters. The Morgan fingerprint density at radius 3 is 2.45 bits per heavy atom. The number of hydrogen-bond acceptors (Lipinski definition) is 5. The molecule has 0 aliphatic rings. The van der Waals surface area contributed by atoms with Crippen LogP contribution in [-0.2, 0) is 5.54 Å². The summed E-state index contributed by atoms with van der Waals surface area (Å²) in [6, 6.07) is 15.9. The van der Waals surface area contributed by atoms with E-state index in [0.717, 1.165) is 11.1 Å². The lowest BCUT2D eigenvalue weighted by molar-refractivity contribution is 0.262. The molecule has 0 aliphatic carbocycles. The number of halogens is 1. The number of rotatable bonds is 4. The van der Waals surface area contributed by atoms with Crippen molar-refractivity contribution in [2.24, 2.45) is 0 Å². The van der Waals surface area contributed by atoms with Crippen LogP contribution in [0.1, 0.15) is 20.8 Å². The number of nitrogens with two attached hydrogens (primary N) is 1. The molecule has 0 saturated carbocycles. The molecule has 2 aromatic heterocycles. The van der Waals surface area contributed by atoms with Gasteiger partial charge in [-0.2, -0.15) is 5.10 Å². The standard InChI is InChI=1S/C24H24ClN7O/c1-24(2,3)32-14-19(21(31-32)20-11-12-27-22(26)30-20)15-5-4-6-18(13-15)29-23(33)28-17-9-7-16(25)8-10-17/h4-14H,1-3H3,(H2,26,27,30)(H2,28,29,33). The number of amides is 2. The van der Waals surface area contributed by atoms with E-state index in [9.17, 15) is 4.79 Å². The summed E-state index contributed by atoms with van der Waals surface area (Å²) in [5.41, 5.74) is 9.90. The average molecular weight is 462 g/mol. The van der Waals surface area contributed by atoms with Crippen LogP contribution in [-0.4, -0.2) is 25.8 Å². The zero-order valence-corrected chi connectivity index (χ0v) is 19.3. The van der Waals surface area contributed by atoms with E-state index >= 15 is 0 Å². The van der Waals surface area contributed by atoms with Crippen LogP contribution < -0.4 is 16.4 Å². The van der Waals surface area contributed by atoms with Gasteiger partial charge in [0.2, 0.25) is 5.95 Å². The van der Waals surface area contributed by atoms with Crippen LogP contribution in [0.3, 0.4) is 0 Å². The Balaban J connectivity index is 1.65. The van der Waals surface area contributed by atoms with Gasteiger partial charge in [-0.1, -0.05) is 23.7 Å². The van der Waals surface area contributed by atoms with Gasteiger partial charge in [0.1, 0.15) is 5.69 Å². The number of benzene rings is 2. The second-order valence-corrected chi connectivity index (χ2v) is 8.91. The van der Waals surface area contributed by atoms with E-state index in [2.05, 4.69) is 41.4 Å². The van der Waals surface area contributed by atoms with Crippen molar-refractivity contribution in [1.82, 2.24) is 19.7 Å². The third-order valence-corrected chi connectivity index (χ3v) is 5.10. The van der Waals surface area contributed by atoms with Crippen LogP contribution in [0, 0.1) is 0 Å². The predicted molar refractivity (Wildman–Crippen MR) is 132 cm³/mol. The molecule has 0 atom stereocenters. The number of carbonyl (C=O) groups is 1. The third kappa shape index (κ3) is 5.30. The van der Waals surface area contributed by atoms with Crippen LogP contribution in [0.15, 0.2) is 67.0 Å². The summed E-state index contributed by atoms with van der Waals surface area (Å²) in [5, 5.41) is 11.0. The lowest BCUT2D eigenvalue weighted by atomic mass is 10.0. The zero-order valence-electron chi connectivity index (χ0n) is 18.5. The van der Waals surface area contributed by atoms with Crippen molar-refractivity contribution in [2.75, 3.05) is 16.4 Å². The Morgan fingerprint density at radius 1 is 1.03 bits per heavy atom. The summed E-state index contributed by atoms with van der Waals surface area (Å²) in [6.45, 7) is 6.21. The highest BCUT2D eigenvalue weighted by Gasteiger charge is 2.21. The van der Waals surface area contributed by atoms with Gasteiger partial charge in [0.25, 0.3) is 0 Å². The number of nitrogens with one attached hydrogen (secondary N) is 2. The van der Waals surface area contributed by atoms with E-state index in [0.29, 0.717) is 27.8 Å². The summed E-state index contributed by atoms with van der Waals surface area (Å²) in [6.07, 6.45) is 3.58. The quantitative estimate of drug-likeness (QED) is 0.364. The van der Waals surface area contributed by atoms with Crippen molar-refractivity contribution >= 4 is 35.0 Å². The molecule has 0 bridgehead atoms. The van der Waals surface area contributed by atoms with Gasteiger partial charge in [0.05, 0.1) is 11.2 Å². The molecule has 0 fully saturated rings. The molecule has 0 radical (unpaired) electrons. The van der Waals surface area contributed by atoms with E-state index in [1.54, 1.807) is 36.5 Å². The maximum absolute atomic E-state index is 12.5. The molecule has 0 spiro atoms. The third-order valence-electron chi connectivity index (χ3n) is 4.85. The number of hydrogen-bond donors (Lipinski definition) is 3. The summed E-state index contributed by atoms with van der Waals surface area (Å²) in [7, 11) is 0. The molecule has 0 saturated heterocycles. The van der Waals surface area contributed by atoms with Gasteiger partial charge in [-0.25, -0.2) is 14.8 Å². The highest BCUT2D eigenvalue weighted by molar-refractivity contribution is 6.30. The molecule has 8 nitrogen and oxygen atoms in total.